The summed E-state index contributed by atoms with van der Waals surface area (Å²) >= 11 is 0. The Morgan fingerprint density at radius 1 is 1.04 bits per heavy atom. The summed E-state index contributed by atoms with van der Waals surface area (Å²) < 4.78 is 47.2. The second-order valence-electron chi connectivity index (χ2n) is 12.7. The van der Waals surface area contributed by atoms with E-state index in [0.29, 0.717) is 52.1 Å². The number of piperidine rings is 1. The molecule has 2 heterocycles. The van der Waals surface area contributed by atoms with Gasteiger partial charge in [0.15, 0.2) is 0 Å². The van der Waals surface area contributed by atoms with Gasteiger partial charge >= 0.3 is 6.18 Å². The first kappa shape index (κ1) is 34.8. The van der Waals surface area contributed by atoms with Crippen LogP contribution in [-0.4, -0.2) is 66.5 Å². The van der Waals surface area contributed by atoms with E-state index in [-0.39, 0.29) is 18.9 Å². The van der Waals surface area contributed by atoms with E-state index in [4.69, 9.17) is 4.74 Å². The first-order chi connectivity index (χ1) is 21.7. The number of ether oxygens (including phenoxy) is 1. The predicted octanol–water partition coefficient (Wildman–Crippen LogP) is 4.21. The number of nitrogens with zero attached hydrogens (tertiary/aromatic N) is 1. The highest BCUT2D eigenvalue weighted by molar-refractivity contribution is 5.96. The Bertz CT molecular complexity index is 1400. The van der Waals surface area contributed by atoms with E-state index < -0.39 is 53.7 Å². The average Bonchev–Trinajstić information content (AvgIpc) is 3.02. The van der Waals surface area contributed by atoms with E-state index in [1.807, 2.05) is 55.5 Å². The van der Waals surface area contributed by atoms with E-state index >= 15 is 0 Å². The minimum absolute atomic E-state index is 0.134. The molecule has 3 N–H and O–H groups in total. The highest BCUT2D eigenvalue weighted by Gasteiger charge is 2.53. The van der Waals surface area contributed by atoms with Crippen molar-refractivity contribution in [2.24, 2.45) is 11.3 Å². The van der Waals surface area contributed by atoms with Crippen molar-refractivity contribution < 1.29 is 37.1 Å². The number of benzene rings is 2. The molecule has 2 aromatic rings. The van der Waals surface area contributed by atoms with Crippen LogP contribution < -0.4 is 20.7 Å². The molecule has 0 saturated carbocycles. The van der Waals surface area contributed by atoms with Crippen LogP contribution in [0.15, 0.2) is 48.5 Å². The van der Waals surface area contributed by atoms with Gasteiger partial charge in [0.1, 0.15) is 23.2 Å². The largest absolute Gasteiger partial charge is 0.494 e. The number of halogens is 3. The summed E-state index contributed by atoms with van der Waals surface area (Å²) in [7, 11) is 0. The van der Waals surface area contributed by atoms with Crippen LogP contribution in [0.2, 0.25) is 0 Å². The first-order valence-corrected chi connectivity index (χ1v) is 15.7. The van der Waals surface area contributed by atoms with Gasteiger partial charge in [-0.2, -0.15) is 13.2 Å². The van der Waals surface area contributed by atoms with Gasteiger partial charge in [-0.15, -0.1) is 0 Å². The summed E-state index contributed by atoms with van der Waals surface area (Å²) in [4.78, 5) is 55.2. The lowest BCUT2D eigenvalue weighted by molar-refractivity contribution is -0.211. The minimum Gasteiger partial charge on any atom is -0.494 e. The second kappa shape index (κ2) is 15.0. The standard InChI is InChI=1S/C34H43F3N4O5/c1-22-11-13-26-18-25(22)20-38-30(43)27(14-12-23-8-5-4-6-9-23)39-31(44)28(40-32(45)33(2,3)34(35,36)37)19-29(42)41-16-7-10-24(21-41)15-17-46-26/h4-6,8-9,11,13,18,24,27-28H,7,10,12,14-17,19-21H2,1-3H3,(H,38,43)(H,39,44)(H,40,45)/t24?,27-,28-/m0/s1. The Morgan fingerprint density at radius 2 is 1.78 bits per heavy atom. The number of amides is 4. The molecule has 2 aliphatic heterocycles. The van der Waals surface area contributed by atoms with Gasteiger partial charge < -0.3 is 25.6 Å². The van der Waals surface area contributed by atoms with Crippen LogP contribution in [0, 0.1) is 18.3 Å². The predicted molar refractivity (Wildman–Crippen MR) is 166 cm³/mol. The third-order valence-corrected chi connectivity index (χ3v) is 8.91. The molecule has 46 heavy (non-hydrogen) atoms. The quantitative estimate of drug-likeness (QED) is 0.451. The normalized spacial score (nSPS) is 22.1. The van der Waals surface area contributed by atoms with Crippen molar-refractivity contribution in [1.29, 1.82) is 0 Å². The molecule has 0 aliphatic carbocycles. The number of hydrogen-bond acceptors (Lipinski definition) is 5. The smallest absolute Gasteiger partial charge is 0.402 e. The summed E-state index contributed by atoms with van der Waals surface area (Å²) in [6.45, 7) is 4.73. The second-order valence-corrected chi connectivity index (χ2v) is 12.7. The molecular formula is C34H43F3N4O5. The molecule has 0 spiro atoms. The van der Waals surface area contributed by atoms with E-state index in [1.165, 1.54) is 0 Å². The van der Waals surface area contributed by atoms with E-state index in [9.17, 15) is 32.3 Å². The summed E-state index contributed by atoms with van der Waals surface area (Å²) in [6, 6.07) is 12.2. The number of carbonyl (C=O) groups is 4. The van der Waals surface area contributed by atoms with Crippen LogP contribution in [0.3, 0.4) is 0 Å². The molecule has 4 rings (SSSR count). The maximum atomic E-state index is 13.7. The highest BCUT2D eigenvalue weighted by Crippen LogP contribution is 2.37. The van der Waals surface area contributed by atoms with Crippen molar-refractivity contribution in [3.63, 3.8) is 0 Å². The summed E-state index contributed by atoms with van der Waals surface area (Å²) in [5, 5.41) is 7.70. The van der Waals surface area contributed by atoms with Crippen LogP contribution in [-0.2, 0) is 32.1 Å². The van der Waals surface area contributed by atoms with Crippen LogP contribution >= 0.6 is 0 Å². The molecule has 250 valence electrons. The van der Waals surface area contributed by atoms with Crippen LogP contribution in [0.1, 0.15) is 62.6 Å². The number of fused-ring (bicyclic) bond motifs is 4. The van der Waals surface area contributed by atoms with Crippen LogP contribution in [0.5, 0.6) is 5.75 Å². The SMILES string of the molecule is Cc1ccc2cc1CNC(=O)[C@H](CCc1ccccc1)NC(=O)[C@@H](NC(=O)C(C)(C)C(F)(F)F)CC(=O)N1CCCC(CCO2)C1. The molecule has 1 saturated heterocycles. The molecule has 4 bridgehead atoms. The Kier molecular flexibility index (Phi) is 11.3. The fraction of sp³-hybridized carbons (Fsp3) is 0.529. The van der Waals surface area contributed by atoms with Gasteiger partial charge in [0, 0.05) is 19.6 Å². The molecule has 4 amide bonds. The van der Waals surface area contributed by atoms with Gasteiger partial charge in [-0.05, 0) is 87.6 Å². The molecule has 2 aromatic carbocycles. The number of hydrogen-bond donors (Lipinski definition) is 3. The lowest BCUT2D eigenvalue weighted by Gasteiger charge is -2.34. The van der Waals surface area contributed by atoms with Crippen LogP contribution in [0.4, 0.5) is 13.2 Å². The molecular weight excluding hydrogens is 601 g/mol. The Labute approximate surface area is 267 Å². The molecule has 2 aliphatic rings. The van der Waals surface area contributed by atoms with Gasteiger partial charge in [0.05, 0.1) is 13.0 Å². The Hall–Kier alpha value is -4.09. The van der Waals surface area contributed by atoms with Crippen molar-refractivity contribution in [3.05, 3.63) is 65.2 Å². The van der Waals surface area contributed by atoms with Crippen molar-refractivity contribution in [3.8, 4) is 5.75 Å². The van der Waals surface area contributed by atoms with Crippen LogP contribution in [0.25, 0.3) is 0 Å². The van der Waals surface area contributed by atoms with Crippen molar-refractivity contribution in [2.45, 2.75) is 84.1 Å². The summed E-state index contributed by atoms with van der Waals surface area (Å²) in [5.74, 6) is -2.53. The lowest BCUT2D eigenvalue weighted by atomic mass is 9.90. The molecule has 1 unspecified atom stereocenters. The van der Waals surface area contributed by atoms with Gasteiger partial charge in [0.25, 0.3) is 0 Å². The molecule has 3 atom stereocenters. The average molecular weight is 645 g/mol. The Balaban J connectivity index is 1.64. The fourth-order valence-electron chi connectivity index (χ4n) is 5.58. The number of aryl methyl sites for hydroxylation is 2. The fourth-order valence-corrected chi connectivity index (χ4v) is 5.58. The van der Waals surface area contributed by atoms with Crippen molar-refractivity contribution >= 4 is 23.6 Å². The molecule has 12 heteroatoms. The zero-order chi connectivity index (χ0) is 33.5. The van der Waals surface area contributed by atoms with Gasteiger partial charge in [-0.1, -0.05) is 36.4 Å². The zero-order valence-electron chi connectivity index (χ0n) is 26.5. The molecule has 1 fully saturated rings. The van der Waals surface area contributed by atoms with E-state index in [2.05, 4.69) is 16.0 Å². The number of nitrogens with one attached hydrogen (secondary N) is 3. The minimum atomic E-state index is -4.90. The topological polar surface area (TPSA) is 117 Å². The first-order valence-electron chi connectivity index (χ1n) is 15.7. The highest BCUT2D eigenvalue weighted by atomic mass is 19.4. The zero-order valence-corrected chi connectivity index (χ0v) is 26.5. The lowest BCUT2D eigenvalue weighted by Crippen LogP contribution is -2.58. The van der Waals surface area contributed by atoms with Gasteiger partial charge in [0.2, 0.25) is 23.6 Å². The number of carbonyl (C=O) groups excluding carboxylic acids is 4. The number of rotatable bonds is 5. The maximum Gasteiger partial charge on any atom is 0.402 e. The van der Waals surface area contributed by atoms with E-state index in [1.54, 1.807) is 4.90 Å². The molecule has 9 nitrogen and oxygen atoms in total. The number of alkyl halides is 3. The molecule has 0 radical (unpaired) electrons. The van der Waals surface area contributed by atoms with Crippen molar-refractivity contribution in [1.82, 2.24) is 20.9 Å². The maximum absolute atomic E-state index is 13.7. The summed E-state index contributed by atoms with van der Waals surface area (Å²) in [5.41, 5.74) is -0.150. The summed E-state index contributed by atoms with van der Waals surface area (Å²) in [6.07, 6.45) is -2.60. The van der Waals surface area contributed by atoms with Gasteiger partial charge in [-0.3, -0.25) is 19.2 Å². The monoisotopic (exact) mass is 644 g/mol. The van der Waals surface area contributed by atoms with E-state index in [0.717, 1.165) is 29.5 Å². The van der Waals surface area contributed by atoms with Gasteiger partial charge in [-0.25, -0.2) is 0 Å². The Morgan fingerprint density at radius 3 is 2.50 bits per heavy atom. The third kappa shape index (κ3) is 9.01. The molecule has 0 aromatic heterocycles. The van der Waals surface area contributed by atoms with Crippen molar-refractivity contribution in [2.75, 3.05) is 19.7 Å². The third-order valence-electron chi connectivity index (χ3n) is 8.91.